The highest BCUT2D eigenvalue weighted by atomic mass is 16.3. The molecule has 13 aliphatic heterocycles. The molecule has 0 aromatic rings. The van der Waals surface area contributed by atoms with Crippen LogP contribution in [0.4, 0.5) is 0 Å². The third-order valence-corrected chi connectivity index (χ3v) is 21.1. The van der Waals surface area contributed by atoms with Gasteiger partial charge in [-0.1, -0.05) is 108 Å². The fourth-order valence-corrected chi connectivity index (χ4v) is 14.4. The normalized spacial score (nSPS) is 32.7. The Bertz CT molecular complexity index is 1480. The topological polar surface area (TPSA) is 197 Å². The van der Waals surface area contributed by atoms with E-state index in [4.69, 9.17) is 10.2 Å². The summed E-state index contributed by atoms with van der Waals surface area (Å²) in [5.41, 5.74) is 1.18. The fourth-order valence-electron chi connectivity index (χ4n) is 14.4. The van der Waals surface area contributed by atoms with E-state index < -0.39 is 0 Å². The number of nitrogens with one attached hydrogen (secondary N) is 13. The van der Waals surface area contributed by atoms with Crippen LogP contribution in [-0.4, -0.2) is 190 Å². The van der Waals surface area contributed by atoms with Crippen molar-refractivity contribution < 1.29 is 10.2 Å². The Morgan fingerprint density at radius 1 is 0.323 bits per heavy atom. The van der Waals surface area contributed by atoms with Gasteiger partial charge in [0.05, 0.1) is 13.2 Å². The summed E-state index contributed by atoms with van der Waals surface area (Å²) in [6, 6.07) is 5.50. The van der Waals surface area contributed by atoms with Crippen LogP contribution in [0.2, 0.25) is 0 Å². The maximum absolute atomic E-state index is 8.63. The molecule has 574 valence electrons. The molecule has 0 saturated carbocycles. The molecule has 0 bridgehead atoms. The van der Waals surface area contributed by atoms with Crippen LogP contribution in [0.15, 0.2) is 12.2 Å². The van der Waals surface area contributed by atoms with Gasteiger partial charge in [-0.25, -0.2) is 0 Å². The summed E-state index contributed by atoms with van der Waals surface area (Å²) in [6.45, 7) is 58.9. The first-order chi connectivity index (χ1) is 46.0. The average Bonchev–Trinajstić information content (AvgIpc) is 2.86. The second kappa shape index (κ2) is 61.6. The summed E-state index contributed by atoms with van der Waals surface area (Å²) in [7, 11) is 0. The van der Waals surface area contributed by atoms with Crippen molar-refractivity contribution in [2.45, 2.75) is 332 Å². The molecule has 0 aromatic carbocycles. The Morgan fingerprint density at radius 3 is 0.990 bits per heavy atom. The second-order valence-corrected chi connectivity index (χ2v) is 33.7. The van der Waals surface area contributed by atoms with Gasteiger partial charge < -0.3 is 79.3 Å². The van der Waals surface area contributed by atoms with E-state index in [9.17, 15) is 0 Å². The fraction of sp³-hybridized carbons (Fsp3) is 0.975. The van der Waals surface area contributed by atoms with E-state index in [0.29, 0.717) is 36.1 Å². The standard InChI is InChI=1S/5C7H15N.C6H13NO.5C6H13N.C5H11NO.C5H9N/c2*1-6-3-7(2)5-8-4-6;1-7(2)3-5-8-6-4-7;1-7(2)4-3-5-8-6-7;1-6-4-3-5-7(2)8-6;8-5-6-3-1-2-4-7-6;1-5-3-4-6(2)7-5;1-6-2-4-7-5-3-6;1-6-3-2-4-7-5-6;1-6-4-2-3-5-7-6;1-2-6-4-3-5-7-6;7-4-5-2-1-3-6-5;1-2-4-6-5-3-1/h2*6-8H,3-5H2,1-2H3;2*8H,3-6H2,1-2H3;6-8H,3-5H2,1-2H3;6-8H,1-5H2;5-7H,3-4H2,1-2H3;4*6-7H,2-5H2,1H3;5-7H,1-4H2;1-2,6H,3-5H2/t6-,7?;6-,7+;;;;;;;;;;;/m0............/s1. The number of aliphatic hydroxyl groups excluding tert-OH is 2. The van der Waals surface area contributed by atoms with Crippen molar-refractivity contribution in [3.8, 4) is 0 Å². The van der Waals surface area contributed by atoms with Gasteiger partial charge in [-0.3, -0.25) is 0 Å². The van der Waals surface area contributed by atoms with E-state index in [2.05, 4.69) is 192 Å². The van der Waals surface area contributed by atoms with Crippen molar-refractivity contribution in [2.75, 3.05) is 131 Å². The van der Waals surface area contributed by atoms with Gasteiger partial charge in [-0.05, 0) is 340 Å². The first-order valence-electron chi connectivity index (χ1n) is 41.3. The molecule has 12 fully saturated rings. The van der Waals surface area contributed by atoms with E-state index in [1.807, 2.05) is 0 Å². The average molecular weight is 1360 g/mol. The van der Waals surface area contributed by atoms with Gasteiger partial charge in [0.1, 0.15) is 0 Å². The van der Waals surface area contributed by atoms with E-state index in [1.165, 1.54) is 252 Å². The highest BCUT2D eigenvalue weighted by molar-refractivity contribution is 4.88. The Labute approximate surface area is 598 Å². The Hall–Kier alpha value is -0.860. The maximum Gasteiger partial charge on any atom is 0.0584 e. The summed E-state index contributed by atoms with van der Waals surface area (Å²) >= 11 is 0. The first-order valence-corrected chi connectivity index (χ1v) is 41.3. The maximum atomic E-state index is 8.63. The zero-order valence-corrected chi connectivity index (χ0v) is 66.9. The van der Waals surface area contributed by atoms with Crippen LogP contribution >= 0.6 is 0 Å². The number of piperidine rings is 9. The van der Waals surface area contributed by atoms with Gasteiger partial charge in [0.2, 0.25) is 0 Å². The Balaban J connectivity index is 0.000000520. The minimum absolute atomic E-state index is 0.306. The van der Waals surface area contributed by atoms with E-state index in [0.717, 1.165) is 111 Å². The number of rotatable bonds is 3. The van der Waals surface area contributed by atoms with Crippen LogP contribution < -0.4 is 69.1 Å². The second-order valence-electron chi connectivity index (χ2n) is 33.7. The lowest BCUT2D eigenvalue weighted by molar-refractivity contribution is 0.220. The monoisotopic (exact) mass is 1360 g/mol. The van der Waals surface area contributed by atoms with Crippen LogP contribution in [0.5, 0.6) is 0 Å². The smallest absolute Gasteiger partial charge is 0.0584 e. The summed E-state index contributed by atoms with van der Waals surface area (Å²) in [5.74, 6) is 5.50. The Kier molecular flexibility index (Phi) is 59.8. The highest BCUT2D eigenvalue weighted by Crippen LogP contribution is 2.26. The third-order valence-electron chi connectivity index (χ3n) is 21.1. The Morgan fingerprint density at radius 2 is 0.771 bits per heavy atom. The van der Waals surface area contributed by atoms with Gasteiger partial charge in [-0.15, -0.1) is 0 Å². The molecule has 15 nitrogen and oxygen atoms in total. The van der Waals surface area contributed by atoms with Crippen molar-refractivity contribution in [1.29, 1.82) is 0 Å². The van der Waals surface area contributed by atoms with Crippen LogP contribution in [0.25, 0.3) is 0 Å². The zero-order chi connectivity index (χ0) is 70.9. The minimum Gasteiger partial charge on any atom is -0.395 e. The lowest BCUT2D eigenvalue weighted by Gasteiger charge is -2.29. The number of hydrogen-bond donors (Lipinski definition) is 15. The molecule has 13 atom stereocenters. The van der Waals surface area contributed by atoms with Crippen LogP contribution in [0, 0.1) is 46.3 Å². The van der Waals surface area contributed by atoms with Crippen molar-refractivity contribution in [2.24, 2.45) is 46.3 Å². The van der Waals surface area contributed by atoms with Crippen LogP contribution in [0.3, 0.4) is 0 Å². The molecule has 12 saturated heterocycles. The van der Waals surface area contributed by atoms with Crippen molar-refractivity contribution >= 4 is 0 Å². The first kappa shape index (κ1) is 93.2. The third kappa shape index (κ3) is 58.6. The largest absolute Gasteiger partial charge is 0.395 e. The lowest BCUT2D eigenvalue weighted by atomic mass is 9.83. The molecule has 96 heavy (non-hydrogen) atoms. The van der Waals surface area contributed by atoms with Gasteiger partial charge in [0.15, 0.2) is 0 Å². The van der Waals surface area contributed by atoms with Gasteiger partial charge in [-0.2, -0.15) is 0 Å². The summed E-state index contributed by atoms with van der Waals surface area (Å²) in [4.78, 5) is 0. The molecule has 0 aromatic heterocycles. The molecule has 0 radical (unpaired) electrons. The minimum atomic E-state index is 0.306. The van der Waals surface area contributed by atoms with Crippen LogP contribution in [-0.2, 0) is 0 Å². The molecule has 0 amide bonds. The molecule has 0 aliphatic carbocycles. The molecule has 13 aliphatic rings. The van der Waals surface area contributed by atoms with E-state index >= 15 is 0 Å². The van der Waals surface area contributed by atoms with Gasteiger partial charge >= 0.3 is 0 Å². The summed E-state index contributed by atoms with van der Waals surface area (Å²) in [5, 5.41) is 60.5. The van der Waals surface area contributed by atoms with Crippen LogP contribution in [0.1, 0.15) is 284 Å². The molecular weight excluding hydrogens is 1190 g/mol. The summed E-state index contributed by atoms with van der Waals surface area (Å²) in [6.07, 6.45) is 40.6. The molecule has 13 heterocycles. The summed E-state index contributed by atoms with van der Waals surface area (Å²) < 4.78 is 0. The van der Waals surface area contributed by atoms with Gasteiger partial charge in [0, 0.05) is 61.4 Å². The van der Waals surface area contributed by atoms with Gasteiger partial charge in [0.25, 0.3) is 0 Å². The highest BCUT2D eigenvalue weighted by Gasteiger charge is 2.22. The van der Waals surface area contributed by atoms with E-state index in [1.54, 1.807) is 0 Å². The number of hydrogen-bond acceptors (Lipinski definition) is 15. The van der Waals surface area contributed by atoms with E-state index in [-0.39, 0.29) is 0 Å². The molecule has 10 unspecified atom stereocenters. The lowest BCUT2D eigenvalue weighted by Crippen LogP contribution is -2.38. The molecular formula is C81H173N13O2. The molecule has 13 rings (SSSR count). The van der Waals surface area contributed by atoms with Crippen molar-refractivity contribution in [3.05, 3.63) is 12.2 Å². The quantitative estimate of drug-likeness (QED) is 0.119. The predicted molar refractivity (Wildman–Crippen MR) is 423 cm³/mol. The van der Waals surface area contributed by atoms with Crippen molar-refractivity contribution in [1.82, 2.24) is 69.1 Å². The van der Waals surface area contributed by atoms with Crippen molar-refractivity contribution in [3.63, 3.8) is 0 Å². The predicted octanol–water partition coefficient (Wildman–Crippen LogP) is 12.7. The molecule has 15 heteroatoms. The molecule has 0 spiro atoms. The molecule has 15 N–H and O–H groups in total. The zero-order valence-electron chi connectivity index (χ0n) is 66.9. The number of aliphatic hydroxyl groups is 2. The SMILES string of the molecule is C1=CCNCC1.CC1(C)CCCNC1.CC1(C)CCNCC1.CC1CCC(C)N1.CC1CCCC(C)N1.CC1CCCCN1.CC1CCCNC1.CC1CCNCC1.CC1CNC[C@@H](C)C1.CCC1CCCN1.C[C@@H]1CNC[C@H](C)C1.OCC1CCCCN1.OCC1CCCN1.